The van der Waals surface area contributed by atoms with Gasteiger partial charge in [0.2, 0.25) is 5.91 Å². The van der Waals surface area contributed by atoms with Crippen molar-refractivity contribution >= 4 is 22.6 Å². The Labute approximate surface area is 111 Å². The fraction of sp³-hybridized carbons (Fsp3) is 0.200. The molecule has 0 aliphatic rings. The number of carboxylic acid groups (broad SMARTS) is 1. The number of carbonyl (C=O) groups excluding carboxylic acids is 1. The third-order valence-electron chi connectivity index (χ3n) is 2.86. The Hall–Kier alpha value is -2.36. The Morgan fingerprint density at radius 3 is 2.53 bits per heavy atom. The normalized spacial score (nSPS) is 10.3. The van der Waals surface area contributed by atoms with Crippen molar-refractivity contribution in [3.05, 3.63) is 48.0 Å². The van der Waals surface area contributed by atoms with E-state index in [1.165, 1.54) is 5.39 Å². The molecule has 0 saturated carbocycles. The molecule has 2 N–H and O–H groups in total. The lowest BCUT2D eigenvalue weighted by atomic mass is 10.1. The van der Waals surface area contributed by atoms with Crippen LogP contribution in [0.1, 0.15) is 12.0 Å². The van der Waals surface area contributed by atoms with E-state index in [0.29, 0.717) is 13.0 Å². The maximum atomic E-state index is 11.2. The number of carboxylic acids is 1. The third kappa shape index (κ3) is 3.81. The summed E-state index contributed by atoms with van der Waals surface area (Å²) in [6.07, 6.45) is 0.216. The number of hydrogen-bond donors (Lipinski definition) is 2. The van der Waals surface area contributed by atoms with Crippen LogP contribution in [0.5, 0.6) is 0 Å². The van der Waals surface area contributed by atoms with Gasteiger partial charge >= 0.3 is 5.97 Å². The van der Waals surface area contributed by atoms with E-state index in [0.717, 1.165) is 10.9 Å². The average molecular weight is 257 g/mol. The minimum Gasteiger partial charge on any atom is -0.481 e. The quantitative estimate of drug-likeness (QED) is 0.805. The van der Waals surface area contributed by atoms with Crippen molar-refractivity contribution in [1.29, 1.82) is 0 Å². The second-order valence-corrected chi connectivity index (χ2v) is 4.35. The molecule has 0 aromatic heterocycles. The first kappa shape index (κ1) is 13.1. The molecule has 2 aromatic rings. The molecule has 1 amide bonds. The van der Waals surface area contributed by atoms with Gasteiger partial charge in [0.25, 0.3) is 0 Å². The van der Waals surface area contributed by atoms with E-state index in [4.69, 9.17) is 5.11 Å². The van der Waals surface area contributed by atoms with Gasteiger partial charge in [0, 0.05) is 6.54 Å². The molecule has 0 unspecified atom stereocenters. The van der Waals surface area contributed by atoms with Crippen LogP contribution in [-0.2, 0) is 16.0 Å². The summed E-state index contributed by atoms with van der Waals surface area (Å²) >= 11 is 0. The van der Waals surface area contributed by atoms with E-state index in [2.05, 4.69) is 11.4 Å². The molecule has 0 aliphatic heterocycles. The van der Waals surface area contributed by atoms with Gasteiger partial charge in [-0.2, -0.15) is 0 Å². The van der Waals surface area contributed by atoms with Gasteiger partial charge in [-0.15, -0.1) is 0 Å². The highest BCUT2D eigenvalue weighted by Crippen LogP contribution is 2.15. The first-order chi connectivity index (χ1) is 9.15. The highest BCUT2D eigenvalue weighted by molar-refractivity contribution is 5.93. The largest absolute Gasteiger partial charge is 0.481 e. The summed E-state index contributed by atoms with van der Waals surface area (Å²) in [5.74, 6) is -1.56. The zero-order valence-corrected chi connectivity index (χ0v) is 10.4. The summed E-state index contributed by atoms with van der Waals surface area (Å²) < 4.78 is 0. The van der Waals surface area contributed by atoms with Gasteiger partial charge in [0.15, 0.2) is 0 Å². The lowest BCUT2D eigenvalue weighted by Crippen LogP contribution is -2.27. The van der Waals surface area contributed by atoms with Crippen LogP contribution in [0.3, 0.4) is 0 Å². The van der Waals surface area contributed by atoms with Gasteiger partial charge in [-0.05, 0) is 22.8 Å². The van der Waals surface area contributed by atoms with Crippen LogP contribution in [0.15, 0.2) is 42.5 Å². The van der Waals surface area contributed by atoms with E-state index >= 15 is 0 Å². The predicted molar refractivity (Wildman–Crippen MR) is 72.9 cm³/mol. The van der Waals surface area contributed by atoms with E-state index in [9.17, 15) is 9.59 Å². The second kappa shape index (κ2) is 6.00. The molecule has 0 heterocycles. The first-order valence-electron chi connectivity index (χ1n) is 6.11. The summed E-state index contributed by atoms with van der Waals surface area (Å²) in [6, 6.07) is 14.2. The lowest BCUT2D eigenvalue weighted by molar-refractivity contribution is -0.140. The van der Waals surface area contributed by atoms with E-state index in [1.807, 2.05) is 36.4 Å². The molecule has 4 heteroatoms. The highest BCUT2D eigenvalue weighted by atomic mass is 16.4. The Morgan fingerprint density at radius 2 is 1.79 bits per heavy atom. The topological polar surface area (TPSA) is 66.4 Å². The van der Waals surface area contributed by atoms with Crippen molar-refractivity contribution in [2.24, 2.45) is 0 Å². The number of hydrogen-bond acceptors (Lipinski definition) is 2. The molecule has 0 saturated heterocycles. The Kier molecular flexibility index (Phi) is 4.13. The van der Waals surface area contributed by atoms with E-state index in [-0.39, 0.29) is 0 Å². The molecule has 2 aromatic carbocycles. The van der Waals surface area contributed by atoms with Crippen LogP contribution in [-0.4, -0.2) is 23.5 Å². The number of aliphatic carboxylic acids is 1. The molecule has 4 nitrogen and oxygen atoms in total. The van der Waals surface area contributed by atoms with Gasteiger partial charge in [-0.3, -0.25) is 9.59 Å². The third-order valence-corrected chi connectivity index (χ3v) is 2.86. The summed E-state index contributed by atoms with van der Waals surface area (Å²) in [6.45, 7) is 0.449. The maximum absolute atomic E-state index is 11.2. The average Bonchev–Trinajstić information content (AvgIpc) is 2.37. The Morgan fingerprint density at radius 1 is 1.05 bits per heavy atom. The molecular weight excluding hydrogens is 242 g/mol. The maximum Gasteiger partial charge on any atom is 0.312 e. The monoisotopic (exact) mass is 257 g/mol. The first-order valence-corrected chi connectivity index (χ1v) is 6.11. The zero-order valence-electron chi connectivity index (χ0n) is 10.4. The second-order valence-electron chi connectivity index (χ2n) is 4.35. The summed E-state index contributed by atoms with van der Waals surface area (Å²) in [4.78, 5) is 21.5. The van der Waals surface area contributed by atoms with Crippen LogP contribution in [0.25, 0.3) is 10.8 Å². The molecule has 19 heavy (non-hydrogen) atoms. The van der Waals surface area contributed by atoms with Crippen LogP contribution in [0, 0.1) is 0 Å². The fourth-order valence-electron chi connectivity index (χ4n) is 1.94. The van der Waals surface area contributed by atoms with Gasteiger partial charge < -0.3 is 10.4 Å². The van der Waals surface area contributed by atoms with Crippen LogP contribution in [0.4, 0.5) is 0 Å². The molecule has 0 fully saturated rings. The van der Waals surface area contributed by atoms with E-state index in [1.54, 1.807) is 0 Å². The lowest BCUT2D eigenvalue weighted by Gasteiger charge is -2.05. The molecule has 0 atom stereocenters. The molecular formula is C15H15NO3. The van der Waals surface area contributed by atoms with Crippen molar-refractivity contribution in [2.75, 3.05) is 6.54 Å². The van der Waals surface area contributed by atoms with Crippen molar-refractivity contribution in [2.45, 2.75) is 12.8 Å². The van der Waals surface area contributed by atoms with Crippen molar-refractivity contribution in [3.63, 3.8) is 0 Å². The number of benzene rings is 2. The van der Waals surface area contributed by atoms with Crippen LogP contribution >= 0.6 is 0 Å². The summed E-state index contributed by atoms with van der Waals surface area (Å²) in [7, 11) is 0. The van der Waals surface area contributed by atoms with Gasteiger partial charge in [0.1, 0.15) is 6.42 Å². The zero-order chi connectivity index (χ0) is 13.7. The summed E-state index contributed by atoms with van der Waals surface area (Å²) in [5.41, 5.74) is 1.12. The minimum atomic E-state index is -1.11. The number of amides is 1. The van der Waals surface area contributed by atoms with Crippen molar-refractivity contribution in [3.8, 4) is 0 Å². The Bertz CT molecular complexity index is 607. The van der Waals surface area contributed by atoms with Crippen molar-refractivity contribution in [1.82, 2.24) is 5.32 Å². The number of fused-ring (bicyclic) bond motifs is 1. The van der Waals surface area contributed by atoms with Gasteiger partial charge in [0.05, 0.1) is 0 Å². The van der Waals surface area contributed by atoms with Gasteiger partial charge in [-0.1, -0.05) is 42.5 Å². The fourth-order valence-corrected chi connectivity index (χ4v) is 1.94. The Balaban J connectivity index is 1.91. The molecule has 0 aliphatic carbocycles. The van der Waals surface area contributed by atoms with Crippen LogP contribution in [0.2, 0.25) is 0 Å². The minimum absolute atomic E-state index is 0.449. The standard InChI is InChI=1S/C15H15NO3/c17-14(10-15(18)19)16-8-7-11-5-6-12-3-1-2-4-13(12)9-11/h1-6,9H,7-8,10H2,(H,16,17)(H,18,19). The highest BCUT2D eigenvalue weighted by Gasteiger charge is 2.06. The molecule has 0 spiro atoms. The summed E-state index contributed by atoms with van der Waals surface area (Å²) in [5, 5.41) is 13.4. The predicted octanol–water partition coefficient (Wildman–Crippen LogP) is 1.97. The van der Waals surface area contributed by atoms with E-state index < -0.39 is 18.3 Å². The van der Waals surface area contributed by atoms with Crippen molar-refractivity contribution < 1.29 is 14.7 Å². The molecule has 98 valence electrons. The van der Waals surface area contributed by atoms with Gasteiger partial charge in [-0.25, -0.2) is 0 Å². The SMILES string of the molecule is O=C(O)CC(=O)NCCc1ccc2ccccc2c1. The van der Waals surface area contributed by atoms with Crippen LogP contribution < -0.4 is 5.32 Å². The number of carbonyl (C=O) groups is 2. The molecule has 2 rings (SSSR count). The number of nitrogens with one attached hydrogen (secondary N) is 1. The molecule has 0 bridgehead atoms. The smallest absolute Gasteiger partial charge is 0.312 e. The molecule has 0 radical (unpaired) electrons. The number of rotatable bonds is 5.